The molecule has 0 saturated heterocycles. The van der Waals surface area contributed by atoms with Gasteiger partial charge in [0.1, 0.15) is 10.7 Å². The van der Waals surface area contributed by atoms with Crippen molar-refractivity contribution in [3.8, 4) is 5.75 Å². The average molecular weight is 160 g/mol. The van der Waals surface area contributed by atoms with Crippen LogP contribution in [0.15, 0.2) is 6.20 Å². The van der Waals surface area contributed by atoms with Gasteiger partial charge in [-0.25, -0.2) is 0 Å². The number of hydrogen-bond acceptors (Lipinski definition) is 2. The molecule has 0 aliphatic carbocycles. The number of halogens is 1. The number of carbonyl (C=O) groups excluding carboxylic acids is 1. The summed E-state index contributed by atoms with van der Waals surface area (Å²) in [6.07, 6.45) is 2.16. The third kappa shape index (κ3) is 0.998. The Labute approximate surface area is 62.9 Å². The van der Waals surface area contributed by atoms with Crippen LogP contribution in [0.5, 0.6) is 5.75 Å². The van der Waals surface area contributed by atoms with Crippen molar-refractivity contribution in [2.45, 2.75) is 0 Å². The maximum Gasteiger partial charge on any atom is 0.170 e. The van der Waals surface area contributed by atoms with E-state index >= 15 is 0 Å². The fraction of sp³-hybridized carbons (Fsp3) is 0.167. The zero-order valence-corrected chi connectivity index (χ0v) is 6.11. The molecule has 1 rings (SSSR count). The van der Waals surface area contributed by atoms with Crippen molar-refractivity contribution in [1.82, 2.24) is 4.98 Å². The molecule has 3 nitrogen and oxygen atoms in total. The maximum atomic E-state index is 10.2. The first kappa shape index (κ1) is 7.15. The largest absolute Gasteiger partial charge is 0.493 e. The summed E-state index contributed by atoms with van der Waals surface area (Å²) in [5.41, 5.74) is 0.368. The Morgan fingerprint density at radius 2 is 2.50 bits per heavy atom. The average Bonchev–Trinajstić information content (AvgIpc) is 2.30. The second-order valence-electron chi connectivity index (χ2n) is 1.70. The number of methoxy groups -OCH3 is 1. The highest BCUT2D eigenvalue weighted by Gasteiger charge is 2.07. The highest BCUT2D eigenvalue weighted by molar-refractivity contribution is 6.32. The summed E-state index contributed by atoms with van der Waals surface area (Å²) in [5.74, 6) is 0.400. The van der Waals surface area contributed by atoms with Gasteiger partial charge in [0.2, 0.25) is 0 Å². The molecule has 1 aromatic rings. The van der Waals surface area contributed by atoms with Crippen LogP contribution >= 0.6 is 11.6 Å². The van der Waals surface area contributed by atoms with Gasteiger partial charge in [-0.1, -0.05) is 11.6 Å². The van der Waals surface area contributed by atoms with E-state index < -0.39 is 0 Å². The number of nitrogens with one attached hydrogen (secondary N) is 1. The lowest BCUT2D eigenvalue weighted by atomic mass is 10.4. The molecule has 0 bridgehead atoms. The summed E-state index contributed by atoms with van der Waals surface area (Å²) in [5, 5.41) is 0.421. The zero-order chi connectivity index (χ0) is 7.56. The van der Waals surface area contributed by atoms with E-state index in [1.807, 2.05) is 0 Å². The number of aromatic nitrogens is 1. The van der Waals surface area contributed by atoms with Gasteiger partial charge in [0.15, 0.2) is 12.0 Å². The molecule has 0 spiro atoms. The van der Waals surface area contributed by atoms with Crippen molar-refractivity contribution >= 4 is 17.9 Å². The van der Waals surface area contributed by atoms with E-state index in [0.29, 0.717) is 22.8 Å². The van der Waals surface area contributed by atoms with Gasteiger partial charge < -0.3 is 9.72 Å². The van der Waals surface area contributed by atoms with E-state index in [-0.39, 0.29) is 0 Å². The van der Waals surface area contributed by atoms with Gasteiger partial charge in [-0.15, -0.1) is 0 Å². The molecule has 0 amide bonds. The minimum absolute atomic E-state index is 0.368. The van der Waals surface area contributed by atoms with E-state index in [9.17, 15) is 4.79 Å². The fourth-order valence-corrected chi connectivity index (χ4v) is 0.929. The molecule has 4 heteroatoms. The maximum absolute atomic E-state index is 10.2. The van der Waals surface area contributed by atoms with Crippen LogP contribution in [-0.4, -0.2) is 18.4 Å². The van der Waals surface area contributed by atoms with Crippen molar-refractivity contribution in [1.29, 1.82) is 0 Å². The Bertz CT molecular complexity index is 244. The molecule has 1 N–H and O–H groups in total. The van der Waals surface area contributed by atoms with E-state index in [4.69, 9.17) is 16.3 Å². The van der Waals surface area contributed by atoms with E-state index in [1.54, 1.807) is 0 Å². The Kier molecular flexibility index (Phi) is 1.97. The Balaban J connectivity index is 3.12. The number of aromatic amines is 1. The number of aldehydes is 1. The van der Waals surface area contributed by atoms with Gasteiger partial charge >= 0.3 is 0 Å². The van der Waals surface area contributed by atoms with Gasteiger partial charge in [0, 0.05) is 6.20 Å². The highest BCUT2D eigenvalue weighted by Crippen LogP contribution is 2.26. The van der Waals surface area contributed by atoms with E-state index in [1.165, 1.54) is 13.3 Å². The van der Waals surface area contributed by atoms with Crippen LogP contribution in [-0.2, 0) is 0 Å². The second kappa shape index (κ2) is 2.75. The predicted molar refractivity (Wildman–Crippen MR) is 37.7 cm³/mol. The fourth-order valence-electron chi connectivity index (χ4n) is 0.696. The number of hydrogen-bond donors (Lipinski definition) is 1. The molecule has 1 aromatic heterocycles. The normalized spacial score (nSPS) is 9.40. The molecular formula is C6H6ClNO2. The van der Waals surface area contributed by atoms with Crippen molar-refractivity contribution in [2.75, 3.05) is 7.11 Å². The number of rotatable bonds is 2. The molecule has 0 aromatic carbocycles. The van der Waals surface area contributed by atoms with Crippen LogP contribution in [0.1, 0.15) is 10.5 Å². The lowest BCUT2D eigenvalue weighted by molar-refractivity contribution is 0.111. The SMILES string of the molecule is COc1c(Cl)c[nH]c1C=O. The van der Waals surface area contributed by atoms with Crippen LogP contribution in [0, 0.1) is 0 Å². The van der Waals surface area contributed by atoms with Gasteiger partial charge in [-0.3, -0.25) is 4.79 Å². The van der Waals surface area contributed by atoms with Crippen LogP contribution in [0.3, 0.4) is 0 Å². The summed E-state index contributed by atoms with van der Waals surface area (Å²) < 4.78 is 4.81. The first-order valence-corrected chi connectivity index (χ1v) is 3.03. The van der Waals surface area contributed by atoms with E-state index in [0.717, 1.165) is 0 Å². The van der Waals surface area contributed by atoms with Crippen LogP contribution in [0.4, 0.5) is 0 Å². The molecule has 0 unspecified atom stereocenters. The van der Waals surface area contributed by atoms with Crippen LogP contribution in [0.2, 0.25) is 5.02 Å². The molecule has 0 fully saturated rings. The topological polar surface area (TPSA) is 42.1 Å². The number of carbonyl (C=O) groups is 1. The Morgan fingerprint density at radius 3 is 2.90 bits per heavy atom. The molecule has 54 valence electrons. The van der Waals surface area contributed by atoms with Gasteiger partial charge in [-0.2, -0.15) is 0 Å². The summed E-state index contributed by atoms with van der Waals surface area (Å²) in [4.78, 5) is 12.9. The predicted octanol–water partition coefficient (Wildman–Crippen LogP) is 1.49. The van der Waals surface area contributed by atoms with Gasteiger partial charge in [-0.05, 0) is 0 Å². The quantitative estimate of drug-likeness (QED) is 0.665. The third-order valence-corrected chi connectivity index (χ3v) is 1.42. The smallest absolute Gasteiger partial charge is 0.170 e. The highest BCUT2D eigenvalue weighted by atomic mass is 35.5. The minimum atomic E-state index is 0.368. The van der Waals surface area contributed by atoms with Crippen molar-refractivity contribution in [3.63, 3.8) is 0 Å². The summed E-state index contributed by atoms with van der Waals surface area (Å²) in [6, 6.07) is 0. The molecule has 0 radical (unpaired) electrons. The zero-order valence-electron chi connectivity index (χ0n) is 5.35. The Morgan fingerprint density at radius 1 is 1.80 bits per heavy atom. The van der Waals surface area contributed by atoms with Gasteiger partial charge in [0.25, 0.3) is 0 Å². The monoisotopic (exact) mass is 159 g/mol. The lowest BCUT2D eigenvalue weighted by Gasteiger charge is -1.94. The first-order chi connectivity index (χ1) is 4.79. The lowest BCUT2D eigenvalue weighted by Crippen LogP contribution is -1.86. The molecule has 1 heterocycles. The molecular weight excluding hydrogens is 154 g/mol. The first-order valence-electron chi connectivity index (χ1n) is 2.65. The number of ether oxygens (including phenoxy) is 1. The summed E-state index contributed by atoms with van der Waals surface area (Å²) in [7, 11) is 1.46. The Hall–Kier alpha value is -0.960. The standard InChI is InChI=1S/C6H6ClNO2/c1-10-6-4(7)2-8-5(6)3-9/h2-3,8H,1H3. The summed E-state index contributed by atoms with van der Waals surface area (Å²) >= 11 is 5.61. The molecule has 0 atom stereocenters. The van der Waals surface area contributed by atoms with E-state index in [2.05, 4.69) is 4.98 Å². The van der Waals surface area contributed by atoms with Gasteiger partial charge in [0.05, 0.1) is 7.11 Å². The molecule has 0 aliphatic rings. The third-order valence-electron chi connectivity index (χ3n) is 1.14. The van der Waals surface area contributed by atoms with Crippen LogP contribution < -0.4 is 4.74 Å². The summed E-state index contributed by atoms with van der Waals surface area (Å²) in [6.45, 7) is 0. The molecule has 0 aliphatic heterocycles. The molecule has 0 saturated carbocycles. The minimum Gasteiger partial charge on any atom is -0.493 e. The van der Waals surface area contributed by atoms with Crippen molar-refractivity contribution < 1.29 is 9.53 Å². The van der Waals surface area contributed by atoms with Crippen molar-refractivity contribution in [2.24, 2.45) is 0 Å². The van der Waals surface area contributed by atoms with Crippen molar-refractivity contribution in [3.05, 3.63) is 16.9 Å². The number of H-pyrrole nitrogens is 1. The van der Waals surface area contributed by atoms with Crippen LogP contribution in [0.25, 0.3) is 0 Å². The second-order valence-corrected chi connectivity index (χ2v) is 2.11. The molecule has 10 heavy (non-hydrogen) atoms.